The predicted molar refractivity (Wildman–Crippen MR) is 105 cm³/mol. The molecule has 1 unspecified atom stereocenters. The van der Waals surface area contributed by atoms with Crippen LogP contribution in [0.25, 0.3) is 11.1 Å². The fraction of sp³-hybridized carbons (Fsp3) is 0.143. The Morgan fingerprint density at radius 3 is 1.62 bits per heavy atom. The summed E-state index contributed by atoms with van der Waals surface area (Å²) in [5.74, 6) is 0.328. The molecule has 0 bridgehead atoms. The predicted octanol–water partition coefficient (Wildman–Crippen LogP) is 5.95. The molecular formula is C21H23O4P. The summed E-state index contributed by atoms with van der Waals surface area (Å²) in [5.41, 5.74) is 2.55. The third-order valence-electron chi connectivity index (χ3n) is 3.30. The highest BCUT2D eigenvalue weighted by Crippen LogP contribution is 2.43. The van der Waals surface area contributed by atoms with Crippen molar-refractivity contribution in [2.75, 3.05) is 6.61 Å². The lowest BCUT2D eigenvalue weighted by molar-refractivity contribution is 0.203. The van der Waals surface area contributed by atoms with Gasteiger partial charge in [-0.05, 0) is 29.7 Å². The van der Waals surface area contributed by atoms with Gasteiger partial charge in [0.25, 0.3) is 0 Å². The fourth-order valence-corrected chi connectivity index (χ4v) is 2.96. The molecule has 0 saturated heterocycles. The van der Waals surface area contributed by atoms with Crippen LogP contribution in [0.4, 0.5) is 0 Å². The second-order valence-electron chi connectivity index (χ2n) is 5.44. The zero-order valence-electron chi connectivity index (χ0n) is 14.7. The van der Waals surface area contributed by atoms with E-state index < -0.39 is 7.82 Å². The number of rotatable bonds is 6. The van der Waals surface area contributed by atoms with Crippen molar-refractivity contribution in [1.82, 2.24) is 0 Å². The van der Waals surface area contributed by atoms with Gasteiger partial charge in [-0.25, -0.2) is 4.57 Å². The largest absolute Gasteiger partial charge is 0.527 e. The Labute approximate surface area is 154 Å². The van der Waals surface area contributed by atoms with Gasteiger partial charge in [0.2, 0.25) is 0 Å². The first-order valence-corrected chi connectivity index (χ1v) is 9.93. The minimum atomic E-state index is -3.93. The molecule has 0 spiro atoms. The molecule has 0 amide bonds. The number of phosphoric ester groups is 1. The van der Waals surface area contributed by atoms with Crippen molar-refractivity contribution in [3.8, 4) is 16.9 Å². The molecular weight excluding hydrogens is 347 g/mol. The average molecular weight is 370 g/mol. The van der Waals surface area contributed by atoms with Crippen LogP contribution in [0.5, 0.6) is 5.75 Å². The zero-order valence-corrected chi connectivity index (χ0v) is 15.6. The van der Waals surface area contributed by atoms with E-state index in [9.17, 15) is 9.46 Å². The molecule has 1 atom stereocenters. The summed E-state index contributed by atoms with van der Waals surface area (Å²) in [4.78, 5) is 9.21. The fourth-order valence-electron chi connectivity index (χ4n) is 2.11. The molecule has 0 saturated carbocycles. The molecule has 3 rings (SSSR count). The van der Waals surface area contributed by atoms with E-state index in [1.807, 2.05) is 19.1 Å². The van der Waals surface area contributed by atoms with Crippen LogP contribution < -0.4 is 4.52 Å². The van der Waals surface area contributed by atoms with Crippen LogP contribution in [0.2, 0.25) is 0 Å². The second kappa shape index (κ2) is 10.6. The van der Waals surface area contributed by atoms with Crippen LogP contribution in [0.3, 0.4) is 0 Å². The van der Waals surface area contributed by atoms with E-state index in [4.69, 9.17) is 4.52 Å². The Morgan fingerprint density at radius 2 is 1.19 bits per heavy atom. The van der Waals surface area contributed by atoms with Gasteiger partial charge in [0, 0.05) is 0 Å². The molecule has 0 radical (unpaired) electrons. The van der Waals surface area contributed by atoms with E-state index in [2.05, 4.69) is 53.1 Å². The summed E-state index contributed by atoms with van der Waals surface area (Å²) < 4.78 is 20.7. The van der Waals surface area contributed by atoms with Crippen LogP contribution in [0.15, 0.2) is 91.0 Å². The van der Waals surface area contributed by atoms with Gasteiger partial charge in [0.15, 0.2) is 0 Å². The van der Waals surface area contributed by atoms with Gasteiger partial charge in [-0.15, -0.1) is 0 Å². The van der Waals surface area contributed by atoms with Gasteiger partial charge >= 0.3 is 7.82 Å². The molecule has 3 aromatic rings. The highest BCUT2D eigenvalue weighted by Gasteiger charge is 2.21. The Bertz CT molecular complexity index is 755. The van der Waals surface area contributed by atoms with Crippen LogP contribution >= 0.6 is 7.82 Å². The minimum absolute atomic E-state index is 0.209. The van der Waals surface area contributed by atoms with Gasteiger partial charge in [0.05, 0.1) is 6.61 Å². The number of hydrogen-bond acceptors (Lipinski definition) is 3. The lowest BCUT2D eigenvalue weighted by Gasteiger charge is -2.11. The van der Waals surface area contributed by atoms with Crippen LogP contribution in [0.1, 0.15) is 13.3 Å². The van der Waals surface area contributed by atoms with Gasteiger partial charge in [0.1, 0.15) is 5.75 Å². The van der Waals surface area contributed by atoms with Crippen LogP contribution in [-0.4, -0.2) is 11.5 Å². The van der Waals surface area contributed by atoms with E-state index in [-0.39, 0.29) is 6.61 Å². The standard InChI is InChI=1S/C12H10.C9H13O4P/c1-3-7-11(8-4-1)12-9-5-2-6-10-12;1-2-8-12-14(10,11)13-9-6-4-3-5-7-9/h1-10H;3-7H,2,8H2,1H3,(H,10,11). The van der Waals surface area contributed by atoms with Gasteiger partial charge in [-0.1, -0.05) is 85.8 Å². The van der Waals surface area contributed by atoms with Crippen molar-refractivity contribution in [1.29, 1.82) is 0 Å². The number of phosphoric acid groups is 1. The maximum absolute atomic E-state index is 11.3. The molecule has 4 nitrogen and oxygen atoms in total. The smallest absolute Gasteiger partial charge is 0.404 e. The van der Waals surface area contributed by atoms with Crippen molar-refractivity contribution >= 4 is 7.82 Å². The molecule has 136 valence electrons. The normalized spacial score (nSPS) is 12.4. The third-order valence-corrected chi connectivity index (χ3v) is 4.25. The highest BCUT2D eigenvalue weighted by molar-refractivity contribution is 7.47. The summed E-state index contributed by atoms with van der Waals surface area (Å²) in [5, 5.41) is 0. The second-order valence-corrected chi connectivity index (χ2v) is 6.82. The quantitative estimate of drug-likeness (QED) is 0.545. The van der Waals surface area contributed by atoms with E-state index in [1.54, 1.807) is 30.3 Å². The molecule has 0 heterocycles. The van der Waals surface area contributed by atoms with E-state index in [0.717, 1.165) is 0 Å². The van der Waals surface area contributed by atoms with Gasteiger partial charge < -0.3 is 4.52 Å². The molecule has 0 fully saturated rings. The molecule has 5 heteroatoms. The van der Waals surface area contributed by atoms with Crippen molar-refractivity contribution in [2.45, 2.75) is 13.3 Å². The molecule has 3 aromatic carbocycles. The summed E-state index contributed by atoms with van der Waals surface area (Å²) in [6, 6.07) is 29.2. The lowest BCUT2D eigenvalue weighted by Crippen LogP contribution is -1.97. The van der Waals surface area contributed by atoms with Gasteiger partial charge in [-0.3, -0.25) is 9.42 Å². The minimum Gasteiger partial charge on any atom is -0.404 e. The highest BCUT2D eigenvalue weighted by atomic mass is 31.2. The van der Waals surface area contributed by atoms with E-state index in [1.165, 1.54) is 11.1 Å². The number of hydrogen-bond donors (Lipinski definition) is 1. The Balaban J connectivity index is 0.000000189. The van der Waals surface area contributed by atoms with E-state index >= 15 is 0 Å². The summed E-state index contributed by atoms with van der Waals surface area (Å²) >= 11 is 0. The van der Waals surface area contributed by atoms with Gasteiger partial charge in [-0.2, -0.15) is 0 Å². The molecule has 0 aliphatic heterocycles. The molecule has 26 heavy (non-hydrogen) atoms. The topological polar surface area (TPSA) is 55.8 Å². The first-order chi connectivity index (χ1) is 12.6. The van der Waals surface area contributed by atoms with E-state index in [0.29, 0.717) is 12.2 Å². The summed E-state index contributed by atoms with van der Waals surface area (Å²) in [7, 11) is -3.93. The first-order valence-electron chi connectivity index (χ1n) is 8.43. The zero-order chi connectivity index (χ0) is 18.7. The van der Waals surface area contributed by atoms with Crippen molar-refractivity contribution in [3.05, 3.63) is 91.0 Å². The molecule has 0 aromatic heterocycles. The molecule has 0 aliphatic rings. The first kappa shape index (κ1) is 19.9. The van der Waals surface area contributed by atoms with Crippen molar-refractivity contribution in [3.63, 3.8) is 0 Å². The molecule has 0 aliphatic carbocycles. The van der Waals surface area contributed by atoms with Crippen LogP contribution in [-0.2, 0) is 9.09 Å². The van der Waals surface area contributed by atoms with Crippen molar-refractivity contribution < 1.29 is 18.5 Å². The Kier molecular flexibility index (Phi) is 8.10. The Hall–Kier alpha value is -2.39. The average Bonchev–Trinajstić information content (AvgIpc) is 2.69. The molecule has 1 N–H and O–H groups in total. The maximum Gasteiger partial charge on any atom is 0.527 e. The maximum atomic E-state index is 11.3. The summed E-state index contributed by atoms with van der Waals surface area (Å²) in [6.45, 7) is 2.06. The Morgan fingerprint density at radius 1 is 0.769 bits per heavy atom. The lowest BCUT2D eigenvalue weighted by atomic mass is 10.1. The van der Waals surface area contributed by atoms with Crippen LogP contribution in [0, 0.1) is 0 Å². The van der Waals surface area contributed by atoms with Crippen molar-refractivity contribution in [2.24, 2.45) is 0 Å². The monoisotopic (exact) mass is 370 g/mol. The third kappa shape index (κ3) is 7.24. The summed E-state index contributed by atoms with van der Waals surface area (Å²) in [6.07, 6.45) is 0.669. The SMILES string of the molecule is CCCOP(=O)(O)Oc1ccccc1.c1ccc(-c2ccccc2)cc1. The number of benzene rings is 3. The number of para-hydroxylation sites is 1.